The molecular weight excluding hydrogens is 952 g/mol. The van der Waals surface area contributed by atoms with E-state index in [0.29, 0.717) is 57.0 Å². The molecule has 398 valence electrons. The van der Waals surface area contributed by atoms with E-state index in [1.165, 1.54) is 12.4 Å². The first kappa shape index (κ1) is 54.8. The smallest absolute Gasteiger partial charge is 0.379 e. The third kappa shape index (κ3) is 15.1. The molecule has 2 saturated carbocycles. The number of hydrogen-bond donors (Lipinski definition) is 6. The number of carbonyl (C=O) groups is 6. The molecule has 0 spiro atoms. The van der Waals surface area contributed by atoms with Crippen LogP contribution in [0.3, 0.4) is 0 Å². The predicted octanol–water partition coefficient (Wildman–Crippen LogP) is 3.79. The number of alkyl halides is 3. The van der Waals surface area contributed by atoms with Crippen LogP contribution < -0.4 is 31.9 Å². The summed E-state index contributed by atoms with van der Waals surface area (Å²) in [6.07, 6.45) is 5.25. The zero-order chi connectivity index (χ0) is 52.3. The molecule has 6 amide bonds. The van der Waals surface area contributed by atoms with Crippen LogP contribution in [0, 0.1) is 11.8 Å². The van der Waals surface area contributed by atoms with E-state index in [0.717, 1.165) is 24.1 Å². The van der Waals surface area contributed by atoms with E-state index in [-0.39, 0.29) is 141 Å². The van der Waals surface area contributed by atoms with Crippen LogP contribution in [0.15, 0.2) is 49.1 Å². The first-order valence-corrected chi connectivity index (χ1v) is 25.5. The van der Waals surface area contributed by atoms with E-state index in [2.05, 4.69) is 67.6 Å². The maximum Gasteiger partial charge on any atom is 0.416 e. The Balaban J connectivity index is 0.767. The van der Waals surface area contributed by atoms with Gasteiger partial charge in [-0.05, 0) is 102 Å². The molecule has 4 aliphatic rings. The summed E-state index contributed by atoms with van der Waals surface area (Å²) in [7, 11) is 1.67. The van der Waals surface area contributed by atoms with Crippen LogP contribution in [0.25, 0.3) is 10.9 Å². The fourth-order valence-electron chi connectivity index (χ4n) is 10.6. The lowest BCUT2D eigenvalue weighted by atomic mass is 9.82. The molecule has 73 heavy (non-hydrogen) atoms. The van der Waals surface area contributed by atoms with Crippen molar-refractivity contribution in [2.75, 3.05) is 58.4 Å². The summed E-state index contributed by atoms with van der Waals surface area (Å²) in [6, 6.07) is 5.16. The van der Waals surface area contributed by atoms with Crippen LogP contribution in [0.4, 0.5) is 19.0 Å². The molecule has 22 heteroatoms. The molecule has 0 unspecified atom stereocenters. The van der Waals surface area contributed by atoms with E-state index in [1.54, 1.807) is 30.4 Å². The van der Waals surface area contributed by atoms with E-state index in [9.17, 15) is 41.9 Å². The van der Waals surface area contributed by atoms with Gasteiger partial charge in [-0.1, -0.05) is 6.07 Å². The van der Waals surface area contributed by atoms with Crippen molar-refractivity contribution in [1.82, 2.24) is 51.3 Å². The molecule has 6 N–H and O–H groups in total. The minimum absolute atomic E-state index is 0.0708. The number of amides is 6. The maximum atomic E-state index is 14.0. The zero-order valence-corrected chi connectivity index (χ0v) is 42.1. The van der Waals surface area contributed by atoms with E-state index in [1.807, 2.05) is 11.0 Å². The highest BCUT2D eigenvalue weighted by Gasteiger charge is 2.45. The van der Waals surface area contributed by atoms with Gasteiger partial charge in [0, 0.05) is 87.3 Å². The summed E-state index contributed by atoms with van der Waals surface area (Å²) >= 11 is 0. The third-order valence-corrected chi connectivity index (χ3v) is 14.2. The second kappa shape index (κ2) is 24.8. The Labute approximate surface area is 423 Å². The van der Waals surface area contributed by atoms with E-state index >= 15 is 0 Å². The van der Waals surface area contributed by atoms with Gasteiger partial charge in [0.1, 0.15) is 18.2 Å². The number of hydrogen-bond acceptors (Lipinski definition) is 13. The molecule has 3 aromatic rings. The lowest BCUT2D eigenvalue weighted by Gasteiger charge is -2.43. The molecule has 19 nitrogen and oxygen atoms in total. The van der Waals surface area contributed by atoms with Crippen molar-refractivity contribution in [1.29, 1.82) is 0 Å². The van der Waals surface area contributed by atoms with Gasteiger partial charge in [-0.15, -0.1) is 0 Å². The summed E-state index contributed by atoms with van der Waals surface area (Å²) in [5.41, 5.74) is 0.101. The SMILES string of the molecule is CN1C(=O)C[C@H](C(=O)NCCC(=O)NCCOCCOCCC(=O)NC2CCC(C(=O)N[C@@H]3C[C@H](NC(C)(C)C)CC[C@@H]3N3CC[C@H](Nc4ncnc5ccc(C(F)(F)F)cc45)C3=O)CC2)[C@H]1c1cccnc1. The number of aromatic nitrogens is 3. The number of nitrogens with one attached hydrogen (secondary N) is 6. The molecule has 4 heterocycles. The first-order chi connectivity index (χ1) is 34.8. The normalized spacial score (nSPS) is 24.6. The molecule has 2 aliphatic heterocycles. The lowest BCUT2D eigenvalue weighted by molar-refractivity contribution is -0.137. The van der Waals surface area contributed by atoms with E-state index < -0.39 is 29.7 Å². The van der Waals surface area contributed by atoms with Gasteiger partial charge >= 0.3 is 6.18 Å². The van der Waals surface area contributed by atoms with Gasteiger partial charge in [0.15, 0.2) is 0 Å². The standard InChI is InChI=1S/C51H70F3N11O8/c1-50(2,3)63-35-12-14-41(65-21-16-39(49(65)71)61-46-36-26-33(51(52,53)54)9-13-38(36)58-30-59-46)40(27-35)62-47(69)31-7-10-34(11-8-31)60-43(67)17-22-72-24-25-73-23-20-56-42(66)15-19-57-48(70)37-28-44(68)64(4)45(37)32-6-5-18-55-29-32/h5-6,9,13,18,26,29-31,34-35,37,39-41,45,63H,7-8,10-12,14-17,19-25,27-28H2,1-4H3,(H,56,66)(H,57,70)(H,60,67)(H,62,69)(H,58,59,61)/t31?,34?,35-,37+,39+,40-,41+,45-/m1/s1. The fraction of sp³-hybridized carbons (Fsp3) is 0.627. The van der Waals surface area contributed by atoms with Gasteiger partial charge in [0.05, 0.1) is 61.6 Å². The van der Waals surface area contributed by atoms with Crippen molar-refractivity contribution < 1.29 is 51.4 Å². The number of halogens is 3. The second-order valence-electron chi connectivity index (χ2n) is 20.6. The van der Waals surface area contributed by atoms with Gasteiger partial charge in [-0.2, -0.15) is 13.2 Å². The van der Waals surface area contributed by atoms with Crippen molar-refractivity contribution >= 4 is 52.2 Å². The molecule has 2 aromatic heterocycles. The highest BCUT2D eigenvalue weighted by Crippen LogP contribution is 2.37. The Bertz CT molecular complexity index is 2400. The van der Waals surface area contributed by atoms with Gasteiger partial charge in [-0.3, -0.25) is 33.8 Å². The number of ether oxygens (including phenoxy) is 2. The van der Waals surface area contributed by atoms with Gasteiger partial charge in [0.25, 0.3) is 0 Å². The molecular formula is C51H70F3N11O8. The topological polar surface area (TPSA) is 238 Å². The van der Waals surface area contributed by atoms with Crippen molar-refractivity contribution in [3.05, 3.63) is 60.2 Å². The molecule has 1 aromatic carbocycles. The summed E-state index contributed by atoms with van der Waals surface area (Å²) in [5, 5.41) is 18.9. The Hall–Kier alpha value is -6.00. The summed E-state index contributed by atoms with van der Waals surface area (Å²) in [4.78, 5) is 94.2. The third-order valence-electron chi connectivity index (χ3n) is 14.2. The van der Waals surface area contributed by atoms with Crippen LogP contribution in [0.5, 0.6) is 0 Å². The molecule has 0 bridgehead atoms. The summed E-state index contributed by atoms with van der Waals surface area (Å²) in [6.45, 7) is 8.08. The van der Waals surface area contributed by atoms with Crippen LogP contribution >= 0.6 is 0 Å². The molecule has 7 rings (SSSR count). The minimum atomic E-state index is -4.56. The van der Waals surface area contributed by atoms with Crippen LogP contribution in [0.1, 0.15) is 109 Å². The molecule has 0 radical (unpaired) electrons. The fourth-order valence-corrected chi connectivity index (χ4v) is 10.6. The second-order valence-corrected chi connectivity index (χ2v) is 20.6. The highest BCUT2D eigenvalue weighted by atomic mass is 19.4. The Morgan fingerprint density at radius 3 is 2.29 bits per heavy atom. The van der Waals surface area contributed by atoms with Crippen molar-refractivity contribution in [3.63, 3.8) is 0 Å². The number of carbonyl (C=O) groups excluding carboxylic acids is 6. The Morgan fingerprint density at radius 2 is 1.56 bits per heavy atom. The predicted molar refractivity (Wildman–Crippen MR) is 263 cm³/mol. The molecule has 4 fully saturated rings. The van der Waals surface area contributed by atoms with Crippen LogP contribution in [-0.4, -0.2) is 149 Å². The highest BCUT2D eigenvalue weighted by molar-refractivity contribution is 5.94. The van der Waals surface area contributed by atoms with Gasteiger partial charge in [0.2, 0.25) is 35.4 Å². The van der Waals surface area contributed by atoms with Crippen molar-refractivity contribution in [3.8, 4) is 0 Å². The zero-order valence-electron chi connectivity index (χ0n) is 42.1. The average molecular weight is 1020 g/mol. The van der Waals surface area contributed by atoms with Crippen LogP contribution in [0.2, 0.25) is 0 Å². The minimum Gasteiger partial charge on any atom is -0.379 e. The number of rotatable bonds is 21. The number of likely N-dealkylation sites (tertiary alicyclic amines) is 2. The lowest BCUT2D eigenvalue weighted by Crippen LogP contribution is -2.60. The molecule has 2 saturated heterocycles. The van der Waals surface area contributed by atoms with Crippen molar-refractivity contribution in [2.24, 2.45) is 11.8 Å². The van der Waals surface area contributed by atoms with E-state index in [4.69, 9.17) is 9.47 Å². The van der Waals surface area contributed by atoms with Crippen LogP contribution in [-0.2, 0) is 44.4 Å². The average Bonchev–Trinajstić information content (AvgIpc) is 3.86. The summed E-state index contributed by atoms with van der Waals surface area (Å²) in [5.74, 6) is -1.76. The monoisotopic (exact) mass is 1020 g/mol. The number of fused-ring (bicyclic) bond motifs is 1. The summed E-state index contributed by atoms with van der Waals surface area (Å²) < 4.78 is 51.9. The van der Waals surface area contributed by atoms with Gasteiger partial charge < -0.3 is 51.2 Å². The quantitative estimate of drug-likeness (QED) is 0.0835. The number of anilines is 1. The maximum absolute atomic E-state index is 14.0. The largest absolute Gasteiger partial charge is 0.416 e. The van der Waals surface area contributed by atoms with Crippen molar-refractivity contribution in [2.45, 2.75) is 139 Å². The number of nitrogens with zero attached hydrogens (tertiary/aromatic N) is 5. The van der Waals surface area contributed by atoms with Gasteiger partial charge in [-0.25, -0.2) is 9.97 Å². The Morgan fingerprint density at radius 1 is 0.808 bits per heavy atom. The molecule has 6 atom stereocenters. The Kier molecular flexibility index (Phi) is 18.6. The molecule has 2 aliphatic carbocycles. The first-order valence-electron chi connectivity index (χ1n) is 25.5. The number of benzene rings is 1. The number of pyridine rings is 1.